The zero-order valence-electron chi connectivity index (χ0n) is 10.3. The van der Waals surface area contributed by atoms with E-state index in [4.69, 9.17) is 9.31 Å². The molecule has 0 aromatic heterocycles. The maximum atomic E-state index is 5.82. The van der Waals surface area contributed by atoms with Crippen LogP contribution in [0, 0.1) is 0 Å². The molecule has 0 amide bonds. The maximum absolute atomic E-state index is 5.82. The first-order valence-electron chi connectivity index (χ1n) is 5.24. The minimum Gasteiger partial charge on any atom is -0.405 e. The predicted octanol–water partition coefficient (Wildman–Crippen LogP) is 1.64. The van der Waals surface area contributed by atoms with E-state index in [9.17, 15) is 0 Å². The molecular formula is C10H22BNO2. The third kappa shape index (κ3) is 3.60. The molecule has 0 atom stereocenters. The Morgan fingerprint density at radius 1 is 1.00 bits per heavy atom. The first kappa shape index (κ1) is 12.0. The van der Waals surface area contributed by atoms with Gasteiger partial charge >= 0.3 is 7.12 Å². The molecule has 1 rings (SSSR count). The van der Waals surface area contributed by atoms with Crippen molar-refractivity contribution in [2.75, 3.05) is 20.1 Å². The Kier molecular flexibility index (Phi) is 3.29. The molecule has 0 saturated carbocycles. The van der Waals surface area contributed by atoms with Crippen molar-refractivity contribution >= 4 is 7.12 Å². The third-order valence-electron chi connectivity index (χ3n) is 2.27. The molecule has 0 unspecified atom stereocenters. The van der Waals surface area contributed by atoms with E-state index in [2.05, 4.69) is 39.6 Å². The molecule has 0 N–H and O–H groups in total. The number of rotatable bonds is 0. The second kappa shape index (κ2) is 3.84. The summed E-state index contributed by atoms with van der Waals surface area (Å²) in [7, 11) is 1.97. The lowest BCUT2D eigenvalue weighted by Crippen LogP contribution is -2.53. The Morgan fingerprint density at radius 3 is 1.71 bits per heavy atom. The fourth-order valence-electron chi connectivity index (χ4n) is 2.35. The number of likely N-dealkylation sites (N-methyl/N-ethyl adjacent to an activating group) is 1. The quantitative estimate of drug-likeness (QED) is 0.553. The normalized spacial score (nSPS) is 28.3. The van der Waals surface area contributed by atoms with Crippen LogP contribution in [-0.4, -0.2) is 43.4 Å². The van der Waals surface area contributed by atoms with Crippen molar-refractivity contribution in [1.29, 1.82) is 0 Å². The molecule has 1 aliphatic heterocycles. The van der Waals surface area contributed by atoms with Gasteiger partial charge in [0.05, 0.1) is 11.2 Å². The predicted molar refractivity (Wildman–Crippen MR) is 59.4 cm³/mol. The summed E-state index contributed by atoms with van der Waals surface area (Å²) in [5.74, 6) is 0. The van der Waals surface area contributed by atoms with Crippen molar-refractivity contribution in [3.8, 4) is 0 Å². The van der Waals surface area contributed by atoms with E-state index in [0.29, 0.717) is 0 Å². The van der Waals surface area contributed by atoms with E-state index < -0.39 is 0 Å². The van der Waals surface area contributed by atoms with Gasteiger partial charge in [0.1, 0.15) is 0 Å². The van der Waals surface area contributed by atoms with Gasteiger partial charge < -0.3 is 14.2 Å². The van der Waals surface area contributed by atoms with Crippen LogP contribution in [0.25, 0.3) is 0 Å². The van der Waals surface area contributed by atoms with Gasteiger partial charge in [-0.1, -0.05) is 0 Å². The van der Waals surface area contributed by atoms with Crippen molar-refractivity contribution in [2.45, 2.75) is 45.7 Å². The molecule has 0 radical (unpaired) electrons. The lowest BCUT2D eigenvalue weighted by molar-refractivity contribution is -0.0415. The summed E-state index contributed by atoms with van der Waals surface area (Å²) in [6.45, 7) is 12.2. The molecule has 1 aliphatic rings. The molecule has 82 valence electrons. The maximum Gasteiger partial charge on any atom is 0.454 e. The molecule has 4 heteroatoms. The summed E-state index contributed by atoms with van der Waals surface area (Å²) in [5.41, 5.74) is -0.269. The Balaban J connectivity index is 2.71. The zero-order chi connectivity index (χ0) is 11.0. The number of hydrogen-bond acceptors (Lipinski definition) is 3. The zero-order valence-corrected chi connectivity index (χ0v) is 10.3. The van der Waals surface area contributed by atoms with Gasteiger partial charge in [0, 0.05) is 13.1 Å². The fraction of sp³-hybridized carbons (Fsp3) is 1.00. The number of nitrogens with zero attached hydrogens (tertiary/aromatic N) is 1. The molecule has 14 heavy (non-hydrogen) atoms. The molecule has 0 aromatic carbocycles. The number of hydrogen-bond donors (Lipinski definition) is 0. The van der Waals surface area contributed by atoms with Gasteiger partial charge in [-0.05, 0) is 41.6 Å². The fourth-order valence-corrected chi connectivity index (χ4v) is 2.35. The SMILES string of the molecule is CB1OC(C)(C)CN(C)CC(C)(C)O1. The lowest BCUT2D eigenvalue weighted by atomic mass is 9.88. The average molecular weight is 199 g/mol. The van der Waals surface area contributed by atoms with Gasteiger partial charge in [-0.3, -0.25) is 0 Å². The van der Waals surface area contributed by atoms with Gasteiger partial charge in [0.2, 0.25) is 0 Å². The van der Waals surface area contributed by atoms with Crippen LogP contribution >= 0.6 is 0 Å². The summed E-state index contributed by atoms with van der Waals surface area (Å²) >= 11 is 0. The van der Waals surface area contributed by atoms with Crippen LogP contribution in [0.5, 0.6) is 0 Å². The van der Waals surface area contributed by atoms with Gasteiger partial charge in [-0.25, -0.2) is 0 Å². The van der Waals surface area contributed by atoms with Crippen molar-refractivity contribution < 1.29 is 9.31 Å². The van der Waals surface area contributed by atoms with E-state index in [1.807, 2.05) is 6.82 Å². The highest BCUT2D eigenvalue weighted by Gasteiger charge is 2.35. The summed E-state index contributed by atoms with van der Waals surface area (Å²) < 4.78 is 11.6. The molecule has 3 nitrogen and oxygen atoms in total. The van der Waals surface area contributed by atoms with Gasteiger partial charge in [0.15, 0.2) is 0 Å². The van der Waals surface area contributed by atoms with Crippen LogP contribution < -0.4 is 0 Å². The van der Waals surface area contributed by atoms with Gasteiger partial charge in [-0.2, -0.15) is 0 Å². The Labute approximate surface area is 87.9 Å². The van der Waals surface area contributed by atoms with Crippen LogP contribution in [0.3, 0.4) is 0 Å². The minimum atomic E-state index is -0.134. The van der Waals surface area contributed by atoms with Crippen molar-refractivity contribution in [3.05, 3.63) is 0 Å². The van der Waals surface area contributed by atoms with Gasteiger partial charge in [0.25, 0.3) is 0 Å². The summed E-state index contributed by atoms with van der Waals surface area (Å²) in [6.07, 6.45) is 0. The molecular weight excluding hydrogens is 177 g/mol. The van der Waals surface area contributed by atoms with Crippen LogP contribution in [0.2, 0.25) is 6.82 Å². The monoisotopic (exact) mass is 199 g/mol. The molecule has 1 saturated heterocycles. The second-order valence-electron chi connectivity index (χ2n) is 5.50. The highest BCUT2D eigenvalue weighted by molar-refractivity contribution is 6.42. The van der Waals surface area contributed by atoms with E-state index >= 15 is 0 Å². The minimum absolute atomic E-state index is 0.131. The van der Waals surface area contributed by atoms with E-state index in [1.165, 1.54) is 0 Å². The van der Waals surface area contributed by atoms with Crippen molar-refractivity contribution in [2.24, 2.45) is 0 Å². The van der Waals surface area contributed by atoms with E-state index in [-0.39, 0.29) is 18.3 Å². The lowest BCUT2D eigenvalue weighted by Gasteiger charge is -2.41. The van der Waals surface area contributed by atoms with E-state index in [1.54, 1.807) is 0 Å². The average Bonchev–Trinajstić information content (AvgIpc) is 1.74. The third-order valence-corrected chi connectivity index (χ3v) is 2.27. The van der Waals surface area contributed by atoms with Crippen LogP contribution in [-0.2, 0) is 9.31 Å². The topological polar surface area (TPSA) is 21.7 Å². The van der Waals surface area contributed by atoms with Crippen LogP contribution in [0.4, 0.5) is 0 Å². The molecule has 0 bridgehead atoms. The van der Waals surface area contributed by atoms with Gasteiger partial charge in [-0.15, -0.1) is 0 Å². The molecule has 0 aromatic rings. The largest absolute Gasteiger partial charge is 0.454 e. The van der Waals surface area contributed by atoms with Crippen LogP contribution in [0.15, 0.2) is 0 Å². The second-order valence-corrected chi connectivity index (χ2v) is 5.50. The standard InChI is InChI=1S/C10H22BNO2/c1-9(2)7-12(6)8-10(3,4)14-11(5)13-9/h7-8H2,1-6H3. The molecule has 0 aliphatic carbocycles. The summed E-state index contributed by atoms with van der Waals surface area (Å²) in [6, 6.07) is 0. The van der Waals surface area contributed by atoms with Crippen molar-refractivity contribution in [3.63, 3.8) is 0 Å². The Morgan fingerprint density at radius 2 is 1.36 bits per heavy atom. The van der Waals surface area contributed by atoms with E-state index in [0.717, 1.165) is 13.1 Å². The highest BCUT2D eigenvalue weighted by Crippen LogP contribution is 2.22. The molecule has 0 spiro atoms. The Hall–Kier alpha value is -0.0551. The first-order chi connectivity index (χ1) is 6.20. The van der Waals surface area contributed by atoms with Crippen LogP contribution in [0.1, 0.15) is 27.7 Å². The molecule has 1 fully saturated rings. The highest BCUT2D eigenvalue weighted by atomic mass is 16.6. The van der Waals surface area contributed by atoms with Crippen molar-refractivity contribution in [1.82, 2.24) is 4.90 Å². The smallest absolute Gasteiger partial charge is 0.405 e. The Bertz CT molecular complexity index is 168. The molecule has 1 heterocycles. The first-order valence-corrected chi connectivity index (χ1v) is 5.24. The summed E-state index contributed by atoms with van der Waals surface area (Å²) in [5, 5.41) is 0. The summed E-state index contributed by atoms with van der Waals surface area (Å²) in [4.78, 5) is 2.26.